The van der Waals surface area contributed by atoms with E-state index in [1.807, 2.05) is 30.7 Å². The molecule has 8 aromatic rings. The van der Waals surface area contributed by atoms with Crippen LogP contribution in [0.15, 0.2) is 122 Å². The number of benzene rings is 4. The summed E-state index contributed by atoms with van der Waals surface area (Å²) in [4.78, 5) is 9.25. The van der Waals surface area contributed by atoms with Crippen LogP contribution in [0.1, 0.15) is 0 Å². The van der Waals surface area contributed by atoms with Crippen molar-refractivity contribution in [1.82, 2.24) is 19.1 Å². The molecular weight excluding hydrogens is 472 g/mol. The zero-order valence-corrected chi connectivity index (χ0v) is 20.6. The van der Waals surface area contributed by atoms with Gasteiger partial charge in [-0.2, -0.15) is 0 Å². The van der Waals surface area contributed by atoms with E-state index >= 15 is 0 Å². The molecule has 0 spiro atoms. The molecule has 0 aliphatic rings. The van der Waals surface area contributed by atoms with Crippen LogP contribution in [-0.4, -0.2) is 19.1 Å². The maximum absolute atomic E-state index is 4.80. The van der Waals surface area contributed by atoms with Gasteiger partial charge in [-0.15, -0.1) is 0 Å². The van der Waals surface area contributed by atoms with Crippen molar-refractivity contribution >= 4 is 54.9 Å². The Labute approximate surface area is 216 Å². The lowest BCUT2D eigenvalue weighted by molar-refractivity contribution is 1.14. The average molecular weight is 493 g/mol. The number of thiazole rings is 1. The van der Waals surface area contributed by atoms with Crippen molar-refractivity contribution in [3.8, 4) is 21.3 Å². The first-order chi connectivity index (χ1) is 18.4. The standard InChI is InChI=1S/C32H20N4S/c1-2-9-21(10-3-1)32-34-20-29(37-32)36-27-15-7-5-13-25(27)30-28(36)17-16-24-23-12-4-6-14-26(23)35(31(24)30)22-11-8-18-33-19-22/h1-20H. The van der Waals surface area contributed by atoms with E-state index in [0.717, 1.165) is 21.3 Å². The minimum atomic E-state index is 1.02. The summed E-state index contributed by atoms with van der Waals surface area (Å²) < 4.78 is 4.72. The summed E-state index contributed by atoms with van der Waals surface area (Å²) in [7, 11) is 0. The summed E-state index contributed by atoms with van der Waals surface area (Å²) >= 11 is 1.72. The van der Waals surface area contributed by atoms with Crippen LogP contribution in [0.2, 0.25) is 0 Å². The molecule has 0 fully saturated rings. The van der Waals surface area contributed by atoms with Gasteiger partial charge < -0.3 is 4.57 Å². The van der Waals surface area contributed by atoms with Gasteiger partial charge in [-0.1, -0.05) is 84.1 Å². The fraction of sp³-hybridized carbons (Fsp3) is 0. The predicted molar refractivity (Wildman–Crippen MR) is 154 cm³/mol. The smallest absolute Gasteiger partial charge is 0.125 e. The van der Waals surface area contributed by atoms with Gasteiger partial charge in [0, 0.05) is 33.3 Å². The van der Waals surface area contributed by atoms with E-state index in [2.05, 4.69) is 105 Å². The lowest BCUT2D eigenvalue weighted by Crippen LogP contribution is -1.95. The lowest BCUT2D eigenvalue weighted by Gasteiger charge is -2.08. The van der Waals surface area contributed by atoms with Crippen molar-refractivity contribution in [3.63, 3.8) is 0 Å². The van der Waals surface area contributed by atoms with E-state index in [1.54, 1.807) is 11.3 Å². The highest BCUT2D eigenvalue weighted by atomic mass is 32.1. The molecular formula is C32H20N4S. The number of pyridine rings is 1. The summed E-state index contributed by atoms with van der Waals surface area (Å²) in [6.07, 6.45) is 5.77. The molecule has 0 atom stereocenters. The summed E-state index contributed by atoms with van der Waals surface area (Å²) in [5.74, 6) is 0. The number of hydrogen-bond donors (Lipinski definition) is 0. The van der Waals surface area contributed by atoms with Crippen molar-refractivity contribution < 1.29 is 0 Å². The maximum atomic E-state index is 4.80. The lowest BCUT2D eigenvalue weighted by atomic mass is 10.1. The van der Waals surface area contributed by atoms with E-state index in [0.29, 0.717) is 0 Å². The minimum Gasteiger partial charge on any atom is -0.307 e. The molecule has 37 heavy (non-hydrogen) atoms. The van der Waals surface area contributed by atoms with Crippen molar-refractivity contribution in [2.75, 3.05) is 0 Å². The molecule has 0 N–H and O–H groups in total. The number of para-hydroxylation sites is 2. The van der Waals surface area contributed by atoms with Crippen LogP contribution in [0.4, 0.5) is 0 Å². The quantitative estimate of drug-likeness (QED) is 0.248. The largest absolute Gasteiger partial charge is 0.307 e. The van der Waals surface area contributed by atoms with Gasteiger partial charge in [-0.05, 0) is 30.3 Å². The minimum absolute atomic E-state index is 1.02. The molecule has 0 radical (unpaired) electrons. The Kier molecular flexibility index (Phi) is 4.36. The van der Waals surface area contributed by atoms with Gasteiger partial charge in [0.2, 0.25) is 0 Å². The molecule has 0 bridgehead atoms. The third kappa shape index (κ3) is 2.95. The predicted octanol–water partition coefficient (Wildman–Crippen LogP) is 8.40. The van der Waals surface area contributed by atoms with Crippen molar-refractivity contribution in [1.29, 1.82) is 0 Å². The molecule has 0 amide bonds. The Balaban J connectivity index is 1.52. The van der Waals surface area contributed by atoms with Crippen molar-refractivity contribution in [2.24, 2.45) is 0 Å². The highest BCUT2D eigenvalue weighted by molar-refractivity contribution is 7.17. The van der Waals surface area contributed by atoms with Gasteiger partial charge in [0.15, 0.2) is 0 Å². The van der Waals surface area contributed by atoms with Crippen LogP contribution in [0.5, 0.6) is 0 Å². The number of aromatic nitrogens is 4. The zero-order valence-electron chi connectivity index (χ0n) is 19.7. The van der Waals surface area contributed by atoms with Crippen molar-refractivity contribution in [2.45, 2.75) is 0 Å². The zero-order chi connectivity index (χ0) is 24.3. The molecule has 4 aromatic carbocycles. The summed E-state index contributed by atoms with van der Waals surface area (Å²) in [6, 6.07) is 36.4. The van der Waals surface area contributed by atoms with E-state index < -0.39 is 0 Å². The molecule has 8 rings (SSSR count). The third-order valence-corrected chi connectivity index (χ3v) is 8.14. The van der Waals surface area contributed by atoms with Gasteiger partial charge in [-0.25, -0.2) is 4.98 Å². The summed E-state index contributed by atoms with van der Waals surface area (Å²) in [6.45, 7) is 0. The highest BCUT2D eigenvalue weighted by Gasteiger charge is 2.21. The van der Waals surface area contributed by atoms with Gasteiger partial charge >= 0.3 is 0 Å². The Morgan fingerprint density at radius 1 is 0.568 bits per heavy atom. The van der Waals surface area contributed by atoms with E-state index in [9.17, 15) is 0 Å². The second-order valence-corrected chi connectivity index (χ2v) is 10.2. The maximum Gasteiger partial charge on any atom is 0.125 e. The Morgan fingerprint density at radius 3 is 2.14 bits per heavy atom. The van der Waals surface area contributed by atoms with Gasteiger partial charge in [0.05, 0.1) is 40.1 Å². The Hall–Kier alpha value is -4.74. The van der Waals surface area contributed by atoms with E-state index in [4.69, 9.17) is 4.98 Å². The second kappa shape index (κ2) is 7.88. The highest BCUT2D eigenvalue weighted by Crippen LogP contribution is 2.42. The number of rotatable bonds is 3. The van der Waals surface area contributed by atoms with Crippen molar-refractivity contribution in [3.05, 3.63) is 122 Å². The van der Waals surface area contributed by atoms with E-state index in [1.165, 1.54) is 43.6 Å². The average Bonchev–Trinajstić information content (AvgIpc) is 3.66. The molecule has 4 nitrogen and oxygen atoms in total. The first kappa shape index (κ1) is 20.5. The topological polar surface area (TPSA) is 35.6 Å². The Morgan fingerprint density at radius 2 is 1.32 bits per heavy atom. The third-order valence-electron chi connectivity index (χ3n) is 7.11. The fourth-order valence-electron chi connectivity index (χ4n) is 5.58. The number of fused-ring (bicyclic) bond motifs is 7. The van der Waals surface area contributed by atoms with Gasteiger partial charge in [0.25, 0.3) is 0 Å². The molecule has 4 aromatic heterocycles. The molecule has 0 aliphatic carbocycles. The van der Waals surface area contributed by atoms with Crippen LogP contribution in [0.3, 0.4) is 0 Å². The molecule has 0 aliphatic heterocycles. The molecule has 0 saturated heterocycles. The first-order valence-electron chi connectivity index (χ1n) is 12.3. The molecule has 174 valence electrons. The van der Waals surface area contributed by atoms with Gasteiger partial charge in [-0.3, -0.25) is 9.55 Å². The SMILES string of the molecule is c1ccc(-c2ncc(-n3c4ccccc4c4c3ccc3c5ccccc5n(-c5cccnc5)c34)s2)cc1. The van der Waals surface area contributed by atoms with Gasteiger partial charge in [0.1, 0.15) is 10.0 Å². The molecule has 4 heterocycles. The number of nitrogens with zero attached hydrogens (tertiary/aromatic N) is 4. The van der Waals surface area contributed by atoms with Crippen LogP contribution in [-0.2, 0) is 0 Å². The fourth-order valence-corrected chi connectivity index (χ4v) is 6.53. The first-order valence-corrected chi connectivity index (χ1v) is 13.1. The number of hydrogen-bond acceptors (Lipinski definition) is 3. The normalized spacial score (nSPS) is 11.8. The summed E-state index contributed by atoms with van der Waals surface area (Å²) in [5.41, 5.74) is 6.93. The molecule has 5 heteroatoms. The summed E-state index contributed by atoms with van der Waals surface area (Å²) in [5, 5.41) is 7.07. The molecule has 0 saturated carbocycles. The monoisotopic (exact) mass is 492 g/mol. The van der Waals surface area contributed by atoms with Crippen LogP contribution >= 0.6 is 11.3 Å². The second-order valence-electron chi connectivity index (χ2n) is 9.14. The van der Waals surface area contributed by atoms with Crippen LogP contribution < -0.4 is 0 Å². The van der Waals surface area contributed by atoms with Crippen LogP contribution in [0.25, 0.3) is 64.9 Å². The van der Waals surface area contributed by atoms with Crippen LogP contribution in [0, 0.1) is 0 Å². The molecule has 0 unspecified atom stereocenters. The Bertz CT molecular complexity index is 2080. The van der Waals surface area contributed by atoms with E-state index in [-0.39, 0.29) is 0 Å².